The lowest BCUT2D eigenvalue weighted by molar-refractivity contribution is 0.0993. The fraction of sp³-hybridized carbons (Fsp3) is 0.227. The van der Waals surface area contributed by atoms with Gasteiger partial charge in [-0.15, -0.1) is 11.3 Å². The monoisotopic (exact) mass is 426 g/mol. The molecule has 2 aromatic carbocycles. The van der Waals surface area contributed by atoms with E-state index >= 15 is 0 Å². The lowest BCUT2D eigenvalue weighted by Gasteiger charge is -2.17. The molecule has 0 unspecified atom stereocenters. The van der Waals surface area contributed by atoms with Crippen LogP contribution >= 0.6 is 11.3 Å². The number of aryl methyl sites for hydroxylation is 1. The van der Waals surface area contributed by atoms with E-state index in [1.54, 1.807) is 35.2 Å². The first-order valence-electron chi connectivity index (χ1n) is 9.58. The predicted octanol–water partition coefficient (Wildman–Crippen LogP) is 4.70. The topological polar surface area (TPSA) is 66.5 Å². The predicted molar refractivity (Wildman–Crippen MR) is 117 cm³/mol. The Balaban J connectivity index is 1.57. The van der Waals surface area contributed by atoms with Gasteiger partial charge in [0.05, 0.1) is 15.5 Å². The largest absolute Gasteiger partial charge is 0.307 e. The second-order valence-electron chi connectivity index (χ2n) is 7.03. The summed E-state index contributed by atoms with van der Waals surface area (Å²) in [7, 11) is -3.69. The summed E-state index contributed by atoms with van der Waals surface area (Å²) in [4.78, 5) is 15.4. The third-order valence-electron chi connectivity index (χ3n) is 4.98. The van der Waals surface area contributed by atoms with Gasteiger partial charge >= 0.3 is 0 Å². The van der Waals surface area contributed by atoms with E-state index in [1.165, 1.54) is 11.3 Å². The third kappa shape index (κ3) is 4.06. The van der Waals surface area contributed by atoms with Gasteiger partial charge in [-0.3, -0.25) is 9.52 Å². The molecular weight excluding hydrogens is 404 g/mol. The normalized spacial score (nSPS) is 13.3. The molecule has 150 valence electrons. The molecule has 0 aliphatic carbocycles. The summed E-state index contributed by atoms with van der Waals surface area (Å²) < 4.78 is 28.2. The zero-order chi connectivity index (χ0) is 20.4. The minimum atomic E-state index is -3.69. The van der Waals surface area contributed by atoms with Crippen LogP contribution in [0.1, 0.15) is 34.1 Å². The van der Waals surface area contributed by atoms with Crippen molar-refractivity contribution in [3.8, 4) is 0 Å². The van der Waals surface area contributed by atoms with Crippen LogP contribution in [0.25, 0.3) is 0 Å². The quantitative estimate of drug-likeness (QED) is 0.621. The molecule has 1 aromatic heterocycles. The molecule has 1 aliphatic heterocycles. The van der Waals surface area contributed by atoms with Gasteiger partial charge in [-0.25, -0.2) is 8.42 Å². The summed E-state index contributed by atoms with van der Waals surface area (Å²) in [5.41, 5.74) is 3.38. The van der Waals surface area contributed by atoms with Crippen LogP contribution in [0, 0.1) is 0 Å². The smallest absolute Gasteiger partial charge is 0.268 e. The first kappa shape index (κ1) is 19.7. The number of anilines is 2. The van der Waals surface area contributed by atoms with Crippen LogP contribution in [-0.2, 0) is 22.9 Å². The number of amides is 1. The Morgan fingerprint density at radius 2 is 1.93 bits per heavy atom. The average Bonchev–Trinajstić information content (AvgIpc) is 3.38. The van der Waals surface area contributed by atoms with Gasteiger partial charge < -0.3 is 4.90 Å². The second-order valence-corrected chi connectivity index (χ2v) is 9.66. The van der Waals surface area contributed by atoms with Gasteiger partial charge in [0.15, 0.2) is 0 Å². The summed E-state index contributed by atoms with van der Waals surface area (Å²) in [5, 5.41) is 1.88. The number of sulfonamides is 1. The van der Waals surface area contributed by atoms with Crippen molar-refractivity contribution in [1.29, 1.82) is 0 Å². The van der Waals surface area contributed by atoms with Gasteiger partial charge in [-0.05, 0) is 59.7 Å². The van der Waals surface area contributed by atoms with Gasteiger partial charge in [0.1, 0.15) is 0 Å². The third-order valence-corrected chi connectivity index (χ3v) is 7.24. The number of rotatable bonds is 6. The molecule has 0 atom stereocenters. The van der Waals surface area contributed by atoms with Crippen LogP contribution in [0.15, 0.2) is 64.9 Å². The number of hydrogen-bond acceptors (Lipinski definition) is 4. The molecule has 1 N–H and O–H groups in total. The number of nitrogens with zero attached hydrogens (tertiary/aromatic N) is 1. The molecule has 2 heterocycles. The molecule has 0 bridgehead atoms. The van der Waals surface area contributed by atoms with Gasteiger partial charge in [-0.2, -0.15) is 0 Å². The molecule has 29 heavy (non-hydrogen) atoms. The Morgan fingerprint density at radius 1 is 1.14 bits per heavy atom. The maximum absolute atomic E-state index is 12.8. The highest BCUT2D eigenvalue weighted by Gasteiger charge is 2.27. The first-order valence-corrected chi connectivity index (χ1v) is 11.9. The molecule has 7 heteroatoms. The van der Waals surface area contributed by atoms with E-state index in [0.717, 1.165) is 36.1 Å². The van der Waals surface area contributed by atoms with E-state index in [1.807, 2.05) is 29.6 Å². The van der Waals surface area contributed by atoms with Crippen molar-refractivity contribution in [3.05, 3.63) is 76.0 Å². The van der Waals surface area contributed by atoms with Crippen LogP contribution in [0.4, 0.5) is 11.4 Å². The highest BCUT2D eigenvalue weighted by Crippen LogP contribution is 2.33. The van der Waals surface area contributed by atoms with Crippen molar-refractivity contribution in [2.75, 3.05) is 16.2 Å². The van der Waals surface area contributed by atoms with Gasteiger partial charge in [0, 0.05) is 12.2 Å². The number of hydrogen-bond donors (Lipinski definition) is 1. The highest BCUT2D eigenvalue weighted by atomic mass is 32.2. The number of thiophene rings is 1. The summed E-state index contributed by atoms with van der Waals surface area (Å²) in [6.07, 6.45) is 2.70. The van der Waals surface area contributed by atoms with Crippen LogP contribution < -0.4 is 9.62 Å². The van der Waals surface area contributed by atoms with Gasteiger partial charge in [0.25, 0.3) is 15.9 Å². The Bertz CT molecular complexity index is 1120. The molecular formula is C22H22N2O3S2. The van der Waals surface area contributed by atoms with Crippen molar-refractivity contribution in [1.82, 2.24) is 0 Å². The zero-order valence-electron chi connectivity index (χ0n) is 16.1. The molecule has 1 aliphatic rings. The Kier molecular flexibility index (Phi) is 5.43. The molecule has 0 fully saturated rings. The number of carbonyl (C=O) groups is 1. The summed E-state index contributed by atoms with van der Waals surface area (Å²) in [5.74, 6) is -0.0507. The fourth-order valence-electron chi connectivity index (χ4n) is 3.52. The number of nitrogens with one attached hydrogen (secondary N) is 1. The molecule has 5 nitrogen and oxygen atoms in total. The van der Waals surface area contributed by atoms with Crippen molar-refractivity contribution >= 4 is 38.6 Å². The first-order chi connectivity index (χ1) is 14.0. The van der Waals surface area contributed by atoms with Crippen molar-refractivity contribution in [3.63, 3.8) is 0 Å². The Hall–Kier alpha value is -2.64. The molecule has 0 saturated carbocycles. The molecule has 0 spiro atoms. The zero-order valence-corrected chi connectivity index (χ0v) is 17.7. The Morgan fingerprint density at radius 3 is 2.62 bits per heavy atom. The molecule has 0 saturated heterocycles. The van der Waals surface area contributed by atoms with Crippen LogP contribution in [0.2, 0.25) is 0 Å². The molecule has 4 rings (SSSR count). The highest BCUT2D eigenvalue weighted by molar-refractivity contribution is 7.92. The second kappa shape index (κ2) is 8.00. The summed E-state index contributed by atoms with van der Waals surface area (Å²) in [6, 6.07) is 16.0. The Labute approximate surface area is 175 Å². The minimum Gasteiger partial charge on any atom is -0.307 e. The number of benzene rings is 2. The lowest BCUT2D eigenvalue weighted by atomic mass is 10.1. The van der Waals surface area contributed by atoms with Gasteiger partial charge in [-0.1, -0.05) is 37.6 Å². The van der Waals surface area contributed by atoms with Crippen molar-refractivity contribution in [2.24, 2.45) is 0 Å². The van der Waals surface area contributed by atoms with Crippen molar-refractivity contribution in [2.45, 2.75) is 31.1 Å². The number of carbonyl (C=O) groups excluding carboxylic acids is 1. The summed E-state index contributed by atoms with van der Waals surface area (Å²) in [6.45, 7) is 2.69. The van der Waals surface area contributed by atoms with Crippen LogP contribution in [0.3, 0.4) is 0 Å². The average molecular weight is 427 g/mol. The van der Waals surface area contributed by atoms with E-state index in [2.05, 4.69) is 11.6 Å². The van der Waals surface area contributed by atoms with Crippen LogP contribution in [-0.4, -0.2) is 20.9 Å². The van der Waals surface area contributed by atoms with E-state index in [4.69, 9.17) is 0 Å². The SMILES string of the molecule is CCCc1ccc(S(=O)(=O)Nc2ccc3c(c2)N(C(=O)c2cccs2)CC3)cc1. The fourth-order valence-corrected chi connectivity index (χ4v) is 5.25. The lowest BCUT2D eigenvalue weighted by Crippen LogP contribution is -2.28. The van der Waals surface area contributed by atoms with Gasteiger partial charge in [0.2, 0.25) is 0 Å². The van der Waals surface area contributed by atoms with E-state index < -0.39 is 10.0 Å². The van der Waals surface area contributed by atoms with Crippen molar-refractivity contribution < 1.29 is 13.2 Å². The number of fused-ring (bicyclic) bond motifs is 1. The standard InChI is InChI=1S/C22H22N2O3S2/c1-2-4-16-6-10-19(11-7-16)29(26,27)23-18-9-8-17-12-13-24(20(17)15-18)22(25)21-5-3-14-28-21/h3,5-11,14-15,23H,2,4,12-13H2,1H3. The van der Waals surface area contributed by atoms with Crippen LogP contribution in [0.5, 0.6) is 0 Å². The molecule has 1 amide bonds. The minimum absolute atomic E-state index is 0.0507. The van der Waals surface area contributed by atoms with E-state index in [0.29, 0.717) is 17.1 Å². The van der Waals surface area contributed by atoms with E-state index in [9.17, 15) is 13.2 Å². The van der Waals surface area contributed by atoms with E-state index in [-0.39, 0.29) is 10.8 Å². The molecule has 3 aromatic rings. The molecule has 0 radical (unpaired) electrons. The maximum Gasteiger partial charge on any atom is 0.268 e. The summed E-state index contributed by atoms with van der Waals surface area (Å²) >= 11 is 1.41. The maximum atomic E-state index is 12.8.